The van der Waals surface area contributed by atoms with Crippen LogP contribution in [0.15, 0.2) is 36.9 Å². The molecule has 0 saturated heterocycles. The highest BCUT2D eigenvalue weighted by molar-refractivity contribution is 5.41. The van der Waals surface area contributed by atoms with E-state index in [1.165, 1.54) is 0 Å². The summed E-state index contributed by atoms with van der Waals surface area (Å²) in [6.45, 7) is 6.34. The summed E-state index contributed by atoms with van der Waals surface area (Å²) in [4.78, 5) is 0. The maximum atomic E-state index is 9.68. The number of ether oxygens (including phenoxy) is 2. The Bertz CT molecular complexity index is 351. The van der Waals surface area contributed by atoms with Gasteiger partial charge in [-0.2, -0.15) is 0 Å². The van der Waals surface area contributed by atoms with Crippen molar-refractivity contribution in [3.63, 3.8) is 0 Å². The smallest absolute Gasteiger partial charge is 0.160 e. The molecule has 100 valence electrons. The van der Waals surface area contributed by atoms with Crippen molar-refractivity contribution in [2.45, 2.75) is 19.6 Å². The number of hydrogen-bond donors (Lipinski definition) is 2. The minimum atomic E-state index is -0.817. The molecule has 2 unspecified atom stereocenters. The van der Waals surface area contributed by atoms with Crippen LogP contribution in [0.1, 0.15) is 13.3 Å². The van der Waals surface area contributed by atoms with E-state index in [0.717, 1.165) is 12.2 Å². The number of nitrogens with two attached hydrogens (primary N) is 1. The third kappa shape index (κ3) is 4.77. The largest absolute Gasteiger partial charge is 0.491 e. The Morgan fingerprint density at radius 3 is 2.56 bits per heavy atom. The zero-order chi connectivity index (χ0) is 13.4. The van der Waals surface area contributed by atoms with Gasteiger partial charge in [0.2, 0.25) is 0 Å². The lowest BCUT2D eigenvalue weighted by Crippen LogP contribution is -2.24. The van der Waals surface area contributed by atoms with Crippen molar-refractivity contribution in [3.05, 3.63) is 36.9 Å². The summed E-state index contributed by atoms with van der Waals surface area (Å²) >= 11 is 0. The fourth-order valence-electron chi connectivity index (χ4n) is 1.50. The highest BCUT2D eigenvalue weighted by Gasteiger charge is 2.13. The van der Waals surface area contributed by atoms with Crippen molar-refractivity contribution >= 4 is 5.69 Å². The van der Waals surface area contributed by atoms with Gasteiger partial charge >= 0.3 is 0 Å². The van der Waals surface area contributed by atoms with Crippen molar-refractivity contribution in [2.75, 3.05) is 18.9 Å². The second-order valence-corrected chi connectivity index (χ2v) is 3.99. The summed E-state index contributed by atoms with van der Waals surface area (Å²) in [5.74, 6) is 0.694. The predicted octanol–water partition coefficient (Wildman–Crippen LogP) is 2.19. The Kier molecular flexibility index (Phi) is 6.25. The van der Waals surface area contributed by atoms with E-state index >= 15 is 0 Å². The fourth-order valence-corrected chi connectivity index (χ4v) is 1.50. The molecule has 1 rings (SSSR count). The van der Waals surface area contributed by atoms with Gasteiger partial charge in [-0.25, -0.2) is 0 Å². The Morgan fingerprint density at radius 2 is 2.00 bits per heavy atom. The average Bonchev–Trinajstić information content (AvgIpc) is 2.38. The van der Waals surface area contributed by atoms with Gasteiger partial charge in [-0.05, 0) is 30.7 Å². The molecule has 4 heteroatoms. The first kappa shape index (κ1) is 14.5. The van der Waals surface area contributed by atoms with E-state index in [9.17, 15) is 5.11 Å². The summed E-state index contributed by atoms with van der Waals surface area (Å²) in [6, 6.07) is 7.14. The minimum Gasteiger partial charge on any atom is -0.491 e. The van der Waals surface area contributed by atoms with Gasteiger partial charge < -0.3 is 20.3 Å². The molecule has 0 aliphatic rings. The van der Waals surface area contributed by atoms with Crippen molar-refractivity contribution in [3.8, 4) is 5.75 Å². The topological polar surface area (TPSA) is 64.7 Å². The Labute approximate surface area is 108 Å². The molecule has 2 atom stereocenters. The summed E-state index contributed by atoms with van der Waals surface area (Å²) < 4.78 is 10.7. The van der Waals surface area contributed by atoms with Crippen LogP contribution in [0.25, 0.3) is 0 Å². The van der Waals surface area contributed by atoms with Gasteiger partial charge in [0.15, 0.2) is 6.29 Å². The molecule has 0 heterocycles. The Hall–Kier alpha value is -1.52. The first-order chi connectivity index (χ1) is 8.67. The first-order valence-electron chi connectivity index (χ1n) is 6.08. The van der Waals surface area contributed by atoms with Crippen molar-refractivity contribution < 1.29 is 14.6 Å². The molecule has 0 amide bonds. The third-order valence-electron chi connectivity index (χ3n) is 2.66. The zero-order valence-corrected chi connectivity index (χ0v) is 10.7. The van der Waals surface area contributed by atoms with E-state index in [-0.39, 0.29) is 5.92 Å². The molecule has 1 aromatic rings. The van der Waals surface area contributed by atoms with E-state index in [2.05, 4.69) is 6.58 Å². The molecular formula is C14H21NO3. The Balaban J connectivity index is 2.22. The number of aliphatic hydroxyl groups excluding tert-OH is 1. The van der Waals surface area contributed by atoms with Gasteiger partial charge in [0, 0.05) is 11.6 Å². The number of nitrogen functional groups attached to an aromatic ring is 1. The van der Waals surface area contributed by atoms with E-state index < -0.39 is 6.29 Å². The molecule has 0 fully saturated rings. The monoisotopic (exact) mass is 251 g/mol. The second-order valence-electron chi connectivity index (χ2n) is 3.99. The summed E-state index contributed by atoms with van der Waals surface area (Å²) in [5.41, 5.74) is 6.26. The normalized spacial score (nSPS) is 13.9. The molecule has 3 N–H and O–H groups in total. The molecule has 0 radical (unpaired) electrons. The first-order valence-corrected chi connectivity index (χ1v) is 6.08. The van der Waals surface area contributed by atoms with Crippen molar-refractivity contribution in [1.82, 2.24) is 0 Å². The van der Waals surface area contributed by atoms with Crippen LogP contribution in [-0.4, -0.2) is 24.6 Å². The fraction of sp³-hybridized carbons (Fsp3) is 0.429. The molecule has 4 nitrogen and oxygen atoms in total. The van der Waals surface area contributed by atoms with Gasteiger partial charge in [-0.1, -0.05) is 13.0 Å². The zero-order valence-electron chi connectivity index (χ0n) is 10.7. The maximum absolute atomic E-state index is 9.68. The lowest BCUT2D eigenvalue weighted by Gasteiger charge is -2.18. The molecular weight excluding hydrogens is 230 g/mol. The number of anilines is 1. The molecule has 1 aromatic carbocycles. The van der Waals surface area contributed by atoms with Crippen LogP contribution in [-0.2, 0) is 4.74 Å². The number of hydrogen-bond acceptors (Lipinski definition) is 4. The van der Waals surface area contributed by atoms with Crippen LogP contribution in [0.2, 0.25) is 0 Å². The lowest BCUT2D eigenvalue weighted by atomic mass is 10.1. The van der Waals surface area contributed by atoms with Gasteiger partial charge in [0.05, 0.1) is 6.61 Å². The van der Waals surface area contributed by atoms with Gasteiger partial charge in [-0.3, -0.25) is 0 Å². The quantitative estimate of drug-likeness (QED) is 0.322. The highest BCUT2D eigenvalue weighted by Crippen LogP contribution is 2.13. The van der Waals surface area contributed by atoms with Crippen LogP contribution in [0.4, 0.5) is 5.69 Å². The SMILES string of the molecule is C=CC(CC)C(O)OCCOc1ccc(N)cc1. The summed E-state index contributed by atoms with van der Waals surface area (Å²) in [6.07, 6.45) is 1.68. The third-order valence-corrected chi connectivity index (χ3v) is 2.66. The standard InChI is InChI=1S/C14H21NO3/c1-3-11(4-2)14(16)18-10-9-17-13-7-5-12(15)6-8-13/h3,5-8,11,14,16H,1,4,9-10,15H2,2H3. The van der Waals surface area contributed by atoms with Crippen LogP contribution in [0.3, 0.4) is 0 Å². The van der Waals surface area contributed by atoms with Crippen LogP contribution in [0, 0.1) is 5.92 Å². The van der Waals surface area contributed by atoms with E-state index in [1.54, 1.807) is 30.3 Å². The summed E-state index contributed by atoms with van der Waals surface area (Å²) in [7, 11) is 0. The molecule has 0 bridgehead atoms. The van der Waals surface area contributed by atoms with Gasteiger partial charge in [0.25, 0.3) is 0 Å². The molecule has 0 spiro atoms. The minimum absolute atomic E-state index is 0.0403. The van der Waals surface area contributed by atoms with Gasteiger partial charge in [-0.15, -0.1) is 6.58 Å². The van der Waals surface area contributed by atoms with E-state index in [4.69, 9.17) is 15.2 Å². The molecule has 0 aliphatic heterocycles. The van der Waals surface area contributed by atoms with Crippen LogP contribution in [0.5, 0.6) is 5.75 Å². The molecule has 0 saturated carbocycles. The Morgan fingerprint density at radius 1 is 1.33 bits per heavy atom. The number of rotatable bonds is 8. The summed E-state index contributed by atoms with van der Waals surface area (Å²) in [5, 5.41) is 9.68. The van der Waals surface area contributed by atoms with Crippen molar-refractivity contribution in [2.24, 2.45) is 5.92 Å². The lowest BCUT2D eigenvalue weighted by molar-refractivity contribution is -0.128. The van der Waals surface area contributed by atoms with Crippen LogP contribution < -0.4 is 10.5 Å². The van der Waals surface area contributed by atoms with Gasteiger partial charge in [0.1, 0.15) is 12.4 Å². The predicted molar refractivity (Wildman–Crippen MR) is 72.3 cm³/mol. The van der Waals surface area contributed by atoms with E-state index in [0.29, 0.717) is 18.9 Å². The average molecular weight is 251 g/mol. The molecule has 18 heavy (non-hydrogen) atoms. The van der Waals surface area contributed by atoms with E-state index in [1.807, 2.05) is 6.92 Å². The number of aliphatic hydroxyl groups is 1. The number of benzene rings is 1. The maximum Gasteiger partial charge on any atom is 0.160 e. The molecule has 0 aromatic heterocycles. The second kappa shape index (κ2) is 7.74. The van der Waals surface area contributed by atoms with Crippen molar-refractivity contribution in [1.29, 1.82) is 0 Å². The highest BCUT2D eigenvalue weighted by atomic mass is 16.6. The van der Waals surface area contributed by atoms with Crippen LogP contribution >= 0.6 is 0 Å². The molecule has 0 aliphatic carbocycles.